The fourth-order valence-corrected chi connectivity index (χ4v) is 4.17. The van der Waals surface area contributed by atoms with Gasteiger partial charge in [0.15, 0.2) is 5.82 Å². The van der Waals surface area contributed by atoms with Gasteiger partial charge in [0.1, 0.15) is 0 Å². The lowest BCUT2D eigenvalue weighted by molar-refractivity contribution is -0.118. The maximum atomic E-state index is 13.2. The zero-order valence-electron chi connectivity index (χ0n) is 16.8. The minimum Gasteiger partial charge on any atom is -0.319 e. The van der Waals surface area contributed by atoms with E-state index in [4.69, 9.17) is 0 Å². The molecule has 1 aromatic carbocycles. The highest BCUT2D eigenvalue weighted by Crippen LogP contribution is 2.36. The Morgan fingerprint density at radius 3 is 2.69 bits per heavy atom. The first kappa shape index (κ1) is 19.6. The van der Waals surface area contributed by atoms with Gasteiger partial charge in [0.2, 0.25) is 5.91 Å². The van der Waals surface area contributed by atoms with Crippen molar-refractivity contribution in [2.24, 2.45) is 0 Å². The number of anilines is 3. The molecule has 2 aliphatic rings. The van der Waals surface area contributed by atoms with Gasteiger partial charge in [0, 0.05) is 12.6 Å². The van der Waals surface area contributed by atoms with Crippen molar-refractivity contribution >= 4 is 29.0 Å². The van der Waals surface area contributed by atoms with Gasteiger partial charge in [-0.15, -0.1) is 0 Å². The largest absolute Gasteiger partial charge is 0.319 e. The van der Waals surface area contributed by atoms with Crippen molar-refractivity contribution in [3.8, 4) is 0 Å². The molecule has 3 heterocycles. The number of piperidine rings is 1. The third-order valence-electron chi connectivity index (χ3n) is 5.70. The van der Waals surface area contributed by atoms with Crippen molar-refractivity contribution in [2.45, 2.75) is 44.9 Å². The van der Waals surface area contributed by atoms with Crippen molar-refractivity contribution < 1.29 is 9.59 Å². The molecule has 6 heteroatoms. The monoisotopic (exact) mass is 392 g/mol. The Balaban J connectivity index is 1.43. The summed E-state index contributed by atoms with van der Waals surface area (Å²) >= 11 is 0. The zero-order chi connectivity index (χ0) is 20.1. The van der Waals surface area contributed by atoms with Crippen molar-refractivity contribution in [1.29, 1.82) is 0 Å². The lowest BCUT2D eigenvalue weighted by atomic mass is 10.1. The third kappa shape index (κ3) is 4.48. The number of aromatic nitrogens is 1. The molecule has 2 aromatic rings. The summed E-state index contributed by atoms with van der Waals surface area (Å²) in [5, 5.41) is 2.88. The highest BCUT2D eigenvalue weighted by molar-refractivity contribution is 6.17. The predicted octanol–water partition coefficient (Wildman–Crippen LogP) is 4.36. The number of carbonyl (C=O) groups excluding carboxylic acids is 2. The standard InChI is InChI=1S/C23H28N4O2/c28-21(13-3-1-6-15-26-16-7-2-8-17-26)27-20-12-5-4-10-18(20)23(29)25-19-11-9-14-24-22(19)27/h4-5,9-12,14H,1-3,6-8,13,15-17H2,(H,25,29). The van der Waals surface area contributed by atoms with Crippen LogP contribution in [-0.2, 0) is 4.79 Å². The number of nitrogens with zero attached hydrogens (tertiary/aromatic N) is 3. The molecule has 1 N–H and O–H groups in total. The van der Waals surface area contributed by atoms with Crippen LogP contribution in [0.3, 0.4) is 0 Å². The van der Waals surface area contributed by atoms with Gasteiger partial charge >= 0.3 is 0 Å². The smallest absolute Gasteiger partial charge is 0.257 e. The Bertz CT molecular complexity index is 877. The van der Waals surface area contributed by atoms with Crippen LogP contribution in [0.4, 0.5) is 17.2 Å². The lowest BCUT2D eigenvalue weighted by Gasteiger charge is -2.26. The molecule has 0 unspecified atom stereocenters. The van der Waals surface area contributed by atoms with Crippen LogP contribution in [-0.4, -0.2) is 41.3 Å². The maximum Gasteiger partial charge on any atom is 0.257 e. The van der Waals surface area contributed by atoms with E-state index in [1.807, 2.05) is 18.2 Å². The molecular formula is C23H28N4O2. The summed E-state index contributed by atoms with van der Waals surface area (Å²) in [4.78, 5) is 34.3. The Labute approximate surface area is 171 Å². The number of unbranched alkanes of at least 4 members (excludes halogenated alkanes) is 2. The van der Waals surface area contributed by atoms with Gasteiger partial charge in [-0.3, -0.25) is 14.5 Å². The minimum atomic E-state index is -0.216. The fraction of sp³-hybridized carbons (Fsp3) is 0.435. The summed E-state index contributed by atoms with van der Waals surface area (Å²) in [6.45, 7) is 3.56. The molecule has 0 radical (unpaired) electrons. The number of fused-ring (bicyclic) bond motifs is 2. The van der Waals surface area contributed by atoms with Crippen molar-refractivity contribution in [3.63, 3.8) is 0 Å². The molecule has 0 aliphatic carbocycles. The maximum absolute atomic E-state index is 13.2. The first-order valence-corrected chi connectivity index (χ1v) is 10.6. The van der Waals surface area contributed by atoms with Gasteiger partial charge in [0.05, 0.1) is 16.9 Å². The number of hydrogen-bond donors (Lipinski definition) is 1. The van der Waals surface area contributed by atoms with E-state index in [1.165, 1.54) is 32.4 Å². The molecule has 0 bridgehead atoms. The van der Waals surface area contributed by atoms with E-state index in [1.54, 1.807) is 29.3 Å². The first-order chi connectivity index (χ1) is 14.2. The highest BCUT2D eigenvalue weighted by Gasteiger charge is 2.29. The lowest BCUT2D eigenvalue weighted by Crippen LogP contribution is -2.30. The van der Waals surface area contributed by atoms with Gasteiger partial charge < -0.3 is 10.2 Å². The molecule has 2 aliphatic heterocycles. The number of nitrogens with one attached hydrogen (secondary N) is 1. The van der Waals surface area contributed by atoms with Gasteiger partial charge in [-0.2, -0.15) is 0 Å². The molecule has 152 valence electrons. The van der Waals surface area contributed by atoms with Crippen LogP contribution in [0.25, 0.3) is 0 Å². The Kier molecular flexibility index (Phi) is 6.20. The van der Waals surface area contributed by atoms with Gasteiger partial charge in [-0.05, 0) is 69.6 Å². The second-order valence-corrected chi connectivity index (χ2v) is 7.79. The molecule has 4 rings (SSSR count). The molecular weight excluding hydrogens is 364 g/mol. The second kappa shape index (κ2) is 9.18. The molecule has 0 saturated carbocycles. The number of amides is 2. The van der Waals surface area contributed by atoms with Crippen molar-refractivity contribution in [1.82, 2.24) is 9.88 Å². The zero-order valence-corrected chi connectivity index (χ0v) is 16.8. The second-order valence-electron chi connectivity index (χ2n) is 7.79. The predicted molar refractivity (Wildman–Crippen MR) is 115 cm³/mol. The van der Waals surface area contributed by atoms with Crippen molar-refractivity contribution in [3.05, 3.63) is 48.2 Å². The number of pyridine rings is 1. The number of carbonyl (C=O) groups is 2. The van der Waals surface area contributed by atoms with Crippen molar-refractivity contribution in [2.75, 3.05) is 29.9 Å². The Hall–Kier alpha value is -2.73. The van der Waals surface area contributed by atoms with Gasteiger partial charge in [-0.1, -0.05) is 25.0 Å². The summed E-state index contributed by atoms with van der Waals surface area (Å²) in [5.74, 6) is 0.252. The minimum absolute atomic E-state index is 0.0214. The van der Waals surface area contributed by atoms with E-state index in [0.29, 0.717) is 29.2 Å². The van der Waals surface area contributed by atoms with Crippen LogP contribution < -0.4 is 10.2 Å². The van der Waals surface area contributed by atoms with Crippen LogP contribution >= 0.6 is 0 Å². The Morgan fingerprint density at radius 2 is 1.83 bits per heavy atom. The molecule has 2 amide bonds. The first-order valence-electron chi connectivity index (χ1n) is 10.6. The number of para-hydroxylation sites is 1. The van der Waals surface area contributed by atoms with Crippen LogP contribution in [0.5, 0.6) is 0 Å². The molecule has 0 atom stereocenters. The van der Waals surface area contributed by atoms with E-state index in [-0.39, 0.29) is 11.8 Å². The van der Waals surface area contributed by atoms with Gasteiger partial charge in [0.25, 0.3) is 5.91 Å². The number of rotatable bonds is 6. The topological polar surface area (TPSA) is 65.5 Å². The quantitative estimate of drug-likeness (QED) is 0.742. The fourth-order valence-electron chi connectivity index (χ4n) is 4.17. The summed E-state index contributed by atoms with van der Waals surface area (Å²) in [6, 6.07) is 10.8. The van der Waals surface area contributed by atoms with Crippen LogP contribution in [0.15, 0.2) is 42.6 Å². The van der Waals surface area contributed by atoms with Crippen LogP contribution in [0, 0.1) is 0 Å². The number of benzene rings is 1. The molecule has 0 spiro atoms. The van der Waals surface area contributed by atoms with Gasteiger partial charge in [-0.25, -0.2) is 4.98 Å². The van der Waals surface area contributed by atoms with E-state index < -0.39 is 0 Å². The van der Waals surface area contributed by atoms with Crippen LogP contribution in [0.2, 0.25) is 0 Å². The summed E-state index contributed by atoms with van der Waals surface area (Å²) < 4.78 is 0. The summed E-state index contributed by atoms with van der Waals surface area (Å²) in [5.41, 5.74) is 1.65. The average Bonchev–Trinajstić information content (AvgIpc) is 2.88. The van der Waals surface area contributed by atoms with E-state index >= 15 is 0 Å². The SMILES string of the molecule is O=C1Nc2cccnc2N(C(=O)CCCCCN2CCCCC2)c2ccccc21. The molecule has 1 saturated heterocycles. The summed E-state index contributed by atoms with van der Waals surface area (Å²) in [6.07, 6.45) is 9.07. The number of hydrogen-bond acceptors (Lipinski definition) is 4. The Morgan fingerprint density at radius 1 is 1.00 bits per heavy atom. The molecule has 6 nitrogen and oxygen atoms in total. The number of likely N-dealkylation sites (tertiary alicyclic amines) is 1. The molecule has 1 fully saturated rings. The average molecular weight is 393 g/mol. The molecule has 1 aromatic heterocycles. The summed E-state index contributed by atoms with van der Waals surface area (Å²) in [7, 11) is 0. The van der Waals surface area contributed by atoms with E-state index in [0.717, 1.165) is 25.8 Å². The third-order valence-corrected chi connectivity index (χ3v) is 5.70. The van der Waals surface area contributed by atoms with E-state index in [9.17, 15) is 9.59 Å². The normalized spacial score (nSPS) is 16.6. The van der Waals surface area contributed by atoms with Crippen LogP contribution in [0.1, 0.15) is 55.3 Å². The highest BCUT2D eigenvalue weighted by atomic mass is 16.2. The van der Waals surface area contributed by atoms with E-state index in [2.05, 4.69) is 15.2 Å². The molecule has 29 heavy (non-hydrogen) atoms.